The summed E-state index contributed by atoms with van der Waals surface area (Å²) in [5.41, 5.74) is 0.354. The molecule has 0 saturated heterocycles. The van der Waals surface area contributed by atoms with Crippen LogP contribution < -0.4 is 0 Å². The fraction of sp³-hybridized carbons (Fsp3) is 0. The maximum Gasteiger partial charge on any atom is 0.115 e. The highest BCUT2D eigenvalue weighted by Gasteiger charge is 1.82. The quantitative estimate of drug-likeness (QED) is 0.502. The Morgan fingerprint density at radius 1 is 1.50 bits per heavy atom. The highest BCUT2D eigenvalue weighted by atomic mass is 16.3. The predicted octanol–water partition coefficient (Wildman–Crippen LogP) is 1.88. The van der Waals surface area contributed by atoms with Gasteiger partial charge in [0.15, 0.2) is 0 Å². The van der Waals surface area contributed by atoms with E-state index in [0.717, 1.165) is 0 Å². The highest BCUT2D eigenvalue weighted by molar-refractivity contribution is 5.33. The van der Waals surface area contributed by atoms with Gasteiger partial charge in [-0.25, -0.2) is 0 Å². The summed E-state index contributed by atoms with van der Waals surface area (Å²) < 4.78 is 0. The van der Waals surface area contributed by atoms with Crippen LogP contribution >= 0.6 is 0 Å². The summed E-state index contributed by atoms with van der Waals surface area (Å²) in [4.78, 5) is 9.73. The van der Waals surface area contributed by atoms with E-state index in [1.807, 2.05) is 0 Å². The molecule has 0 aliphatic rings. The van der Waals surface area contributed by atoms with Gasteiger partial charge in [-0.05, 0) is 11.2 Å². The Labute approximate surface area is 47.1 Å². The molecule has 39 valence electrons. The number of benzene rings is 1. The Bertz CT molecular complexity index is 171. The average molecular weight is 106 g/mol. The summed E-state index contributed by atoms with van der Waals surface area (Å²) in [6.07, 6.45) is 0. The molecule has 0 heterocycles. The van der Waals surface area contributed by atoms with Crippen LogP contribution in [0.15, 0.2) is 29.4 Å². The van der Waals surface area contributed by atoms with Gasteiger partial charge in [-0.3, -0.25) is 0 Å². The Morgan fingerprint density at radius 3 is 2.75 bits per heavy atom. The van der Waals surface area contributed by atoms with E-state index in [1.54, 1.807) is 24.3 Å². The van der Waals surface area contributed by atoms with Crippen molar-refractivity contribution >= 4 is 5.69 Å². The number of rotatable bonds is 1. The lowest BCUT2D eigenvalue weighted by Gasteiger charge is -1.79. The second-order valence-electron chi connectivity index (χ2n) is 1.34. The topological polar surface area (TPSA) is 29.4 Å². The second kappa shape index (κ2) is 2.21. The van der Waals surface area contributed by atoms with Crippen molar-refractivity contribution in [2.45, 2.75) is 0 Å². The van der Waals surface area contributed by atoms with Crippen molar-refractivity contribution in [3.8, 4) is 0 Å². The van der Waals surface area contributed by atoms with E-state index in [-0.39, 0.29) is 0 Å². The summed E-state index contributed by atoms with van der Waals surface area (Å²) in [5, 5.41) is 2.66. The molecule has 0 spiro atoms. The van der Waals surface area contributed by atoms with Gasteiger partial charge < -0.3 is 0 Å². The third kappa shape index (κ3) is 0.904. The standard InChI is InChI=1S/C6H4NO/c8-7-6-4-2-1-3-5-6/h1-4H. The van der Waals surface area contributed by atoms with Gasteiger partial charge in [0.05, 0.1) is 0 Å². The zero-order valence-corrected chi connectivity index (χ0v) is 4.16. The number of nitrogens with zero attached hydrogens (tertiary/aromatic N) is 1. The van der Waals surface area contributed by atoms with E-state index in [1.165, 1.54) is 0 Å². The van der Waals surface area contributed by atoms with Crippen LogP contribution in [0.2, 0.25) is 0 Å². The van der Waals surface area contributed by atoms with Crippen molar-refractivity contribution in [1.82, 2.24) is 0 Å². The van der Waals surface area contributed by atoms with Gasteiger partial charge in [-0.15, -0.1) is 4.91 Å². The molecule has 0 aliphatic carbocycles. The molecule has 0 N–H and O–H groups in total. The van der Waals surface area contributed by atoms with Crippen molar-refractivity contribution in [2.24, 2.45) is 5.18 Å². The van der Waals surface area contributed by atoms with Crippen molar-refractivity contribution < 1.29 is 0 Å². The van der Waals surface area contributed by atoms with Crippen molar-refractivity contribution in [3.05, 3.63) is 35.2 Å². The fourth-order valence-corrected chi connectivity index (χ4v) is 0.441. The lowest BCUT2D eigenvalue weighted by Crippen LogP contribution is -1.57. The molecule has 1 radical (unpaired) electrons. The van der Waals surface area contributed by atoms with Crippen LogP contribution in [0.1, 0.15) is 0 Å². The third-order valence-corrected chi connectivity index (χ3v) is 0.791. The molecule has 2 nitrogen and oxygen atoms in total. The first kappa shape index (κ1) is 4.97. The molecule has 0 bridgehead atoms. The number of hydrogen-bond donors (Lipinski definition) is 0. The van der Waals surface area contributed by atoms with Gasteiger partial charge in [-0.1, -0.05) is 18.2 Å². The maximum absolute atomic E-state index is 9.73. The number of nitroso groups, excluding NO2 is 1. The Morgan fingerprint density at radius 2 is 2.38 bits per heavy atom. The monoisotopic (exact) mass is 106 g/mol. The lowest BCUT2D eigenvalue weighted by atomic mass is 10.3. The highest BCUT2D eigenvalue weighted by Crippen LogP contribution is 2.06. The molecular weight excluding hydrogens is 102 g/mol. The first-order valence-electron chi connectivity index (χ1n) is 2.23. The van der Waals surface area contributed by atoms with Gasteiger partial charge in [-0.2, -0.15) is 0 Å². The summed E-state index contributed by atoms with van der Waals surface area (Å²) in [6, 6.07) is 9.42. The van der Waals surface area contributed by atoms with Crippen LogP contribution in [-0.4, -0.2) is 0 Å². The summed E-state index contributed by atoms with van der Waals surface area (Å²) in [6.45, 7) is 0. The van der Waals surface area contributed by atoms with Crippen LogP contribution in [0, 0.1) is 11.0 Å². The summed E-state index contributed by atoms with van der Waals surface area (Å²) >= 11 is 0. The minimum absolute atomic E-state index is 0.354. The van der Waals surface area contributed by atoms with Gasteiger partial charge in [0, 0.05) is 6.07 Å². The smallest absolute Gasteiger partial charge is 0.115 e. The van der Waals surface area contributed by atoms with E-state index in [9.17, 15) is 4.91 Å². The van der Waals surface area contributed by atoms with E-state index >= 15 is 0 Å². The van der Waals surface area contributed by atoms with Gasteiger partial charge in [0.1, 0.15) is 5.69 Å². The van der Waals surface area contributed by atoms with Crippen LogP contribution in [-0.2, 0) is 0 Å². The molecule has 0 atom stereocenters. The van der Waals surface area contributed by atoms with Crippen LogP contribution in [0.3, 0.4) is 0 Å². The van der Waals surface area contributed by atoms with Crippen molar-refractivity contribution in [2.75, 3.05) is 0 Å². The minimum Gasteiger partial charge on any atom is -0.145 e. The largest absolute Gasteiger partial charge is 0.145 e. The first-order chi connectivity index (χ1) is 3.93. The van der Waals surface area contributed by atoms with Gasteiger partial charge in [0.2, 0.25) is 0 Å². The van der Waals surface area contributed by atoms with E-state index in [0.29, 0.717) is 5.69 Å². The molecular formula is C6H4NO. The zero-order chi connectivity index (χ0) is 5.82. The molecule has 0 amide bonds. The molecule has 0 aromatic heterocycles. The first-order valence-corrected chi connectivity index (χ1v) is 2.23. The van der Waals surface area contributed by atoms with E-state index < -0.39 is 0 Å². The Balaban J connectivity index is 2.99. The molecule has 0 saturated carbocycles. The van der Waals surface area contributed by atoms with Crippen LogP contribution in [0.25, 0.3) is 0 Å². The number of hydrogen-bond acceptors (Lipinski definition) is 2. The zero-order valence-electron chi connectivity index (χ0n) is 4.16. The minimum atomic E-state index is 0.354. The molecule has 0 fully saturated rings. The average Bonchev–Trinajstić information content (AvgIpc) is 1.90. The van der Waals surface area contributed by atoms with Crippen LogP contribution in [0.4, 0.5) is 5.69 Å². The fourth-order valence-electron chi connectivity index (χ4n) is 0.441. The van der Waals surface area contributed by atoms with E-state index in [2.05, 4.69) is 11.2 Å². The normalized spacial score (nSPS) is 8.50. The molecule has 0 aliphatic heterocycles. The maximum atomic E-state index is 9.73. The Kier molecular flexibility index (Phi) is 1.37. The third-order valence-electron chi connectivity index (χ3n) is 0.791. The summed E-state index contributed by atoms with van der Waals surface area (Å²) in [5.74, 6) is 0. The molecule has 1 aromatic carbocycles. The van der Waals surface area contributed by atoms with Crippen LogP contribution in [0.5, 0.6) is 0 Å². The Hall–Kier alpha value is -1.18. The molecule has 1 rings (SSSR count). The molecule has 0 unspecified atom stereocenters. The summed E-state index contributed by atoms with van der Waals surface area (Å²) in [7, 11) is 0. The van der Waals surface area contributed by atoms with Crippen molar-refractivity contribution in [1.29, 1.82) is 0 Å². The SMILES string of the molecule is O=Nc1[c]cccc1. The van der Waals surface area contributed by atoms with E-state index in [4.69, 9.17) is 0 Å². The van der Waals surface area contributed by atoms with Gasteiger partial charge in [0.25, 0.3) is 0 Å². The second-order valence-corrected chi connectivity index (χ2v) is 1.34. The molecule has 1 aromatic rings. The molecule has 2 heteroatoms. The van der Waals surface area contributed by atoms with Gasteiger partial charge >= 0.3 is 0 Å². The van der Waals surface area contributed by atoms with Crippen molar-refractivity contribution in [3.63, 3.8) is 0 Å². The lowest BCUT2D eigenvalue weighted by molar-refractivity contribution is 1.49. The molecule has 8 heavy (non-hydrogen) atoms. The predicted molar refractivity (Wildman–Crippen MR) is 30.7 cm³/mol.